The van der Waals surface area contributed by atoms with Crippen molar-refractivity contribution < 1.29 is 14.3 Å². The molecule has 1 amide bonds. The van der Waals surface area contributed by atoms with Crippen LogP contribution in [0.25, 0.3) is 0 Å². The van der Waals surface area contributed by atoms with E-state index in [2.05, 4.69) is 0 Å². The van der Waals surface area contributed by atoms with E-state index in [0.717, 1.165) is 22.3 Å². The van der Waals surface area contributed by atoms with Gasteiger partial charge in [0.05, 0.1) is 5.56 Å². The van der Waals surface area contributed by atoms with Crippen LogP contribution in [0.15, 0.2) is 0 Å². The molecule has 0 heterocycles. The lowest BCUT2D eigenvalue weighted by Gasteiger charge is -2.17. The summed E-state index contributed by atoms with van der Waals surface area (Å²) in [6, 6.07) is 0. The fraction of sp³-hybridized carbons (Fsp3) is 0.429. The zero-order valence-electron chi connectivity index (χ0n) is 11.5. The Morgan fingerprint density at radius 1 is 0.889 bits per heavy atom. The number of carbonyl (C=O) groups excluding carboxylic acids is 2. The van der Waals surface area contributed by atoms with Crippen molar-refractivity contribution in [2.45, 2.75) is 34.6 Å². The number of ether oxygens (including phenoxy) is 1. The number of rotatable bonds is 3. The summed E-state index contributed by atoms with van der Waals surface area (Å²) >= 11 is 0. The van der Waals surface area contributed by atoms with E-state index < -0.39 is 11.9 Å². The van der Waals surface area contributed by atoms with Crippen molar-refractivity contribution in [3.05, 3.63) is 33.4 Å². The second-order valence-corrected chi connectivity index (χ2v) is 4.54. The molecule has 0 spiro atoms. The van der Waals surface area contributed by atoms with E-state index in [9.17, 15) is 9.59 Å². The number of hydrogen-bond donors (Lipinski definition) is 1. The van der Waals surface area contributed by atoms with Gasteiger partial charge >= 0.3 is 5.97 Å². The van der Waals surface area contributed by atoms with Crippen LogP contribution in [0.1, 0.15) is 38.2 Å². The van der Waals surface area contributed by atoms with Gasteiger partial charge in [0.15, 0.2) is 6.61 Å². The Hall–Kier alpha value is -1.84. The fourth-order valence-corrected chi connectivity index (χ4v) is 2.02. The monoisotopic (exact) mass is 249 g/mol. The number of primary amides is 1. The van der Waals surface area contributed by atoms with Gasteiger partial charge in [-0.05, 0) is 62.4 Å². The van der Waals surface area contributed by atoms with E-state index in [0.29, 0.717) is 5.56 Å². The quantitative estimate of drug-likeness (QED) is 0.831. The number of nitrogens with two attached hydrogens (primary N) is 1. The van der Waals surface area contributed by atoms with Gasteiger partial charge < -0.3 is 10.5 Å². The van der Waals surface area contributed by atoms with Crippen molar-refractivity contribution in [3.63, 3.8) is 0 Å². The molecule has 0 bridgehead atoms. The molecular weight excluding hydrogens is 230 g/mol. The Kier molecular flexibility index (Phi) is 4.11. The lowest BCUT2D eigenvalue weighted by molar-refractivity contribution is -0.121. The SMILES string of the molecule is Cc1c(C)c(C)c(C(=O)OCC(N)=O)c(C)c1C. The van der Waals surface area contributed by atoms with Gasteiger partial charge in [0.1, 0.15) is 0 Å². The first kappa shape index (κ1) is 14.2. The highest BCUT2D eigenvalue weighted by molar-refractivity contribution is 5.95. The molecule has 0 aliphatic carbocycles. The molecule has 1 aromatic carbocycles. The maximum atomic E-state index is 12.0. The molecule has 0 aliphatic heterocycles. The smallest absolute Gasteiger partial charge is 0.339 e. The first-order chi connectivity index (χ1) is 8.27. The van der Waals surface area contributed by atoms with Crippen LogP contribution in [0.3, 0.4) is 0 Å². The summed E-state index contributed by atoms with van der Waals surface area (Å²) in [6.07, 6.45) is 0. The van der Waals surface area contributed by atoms with Crippen LogP contribution in [0.5, 0.6) is 0 Å². The Morgan fingerprint density at radius 2 is 1.28 bits per heavy atom. The van der Waals surface area contributed by atoms with Crippen molar-refractivity contribution in [1.82, 2.24) is 0 Å². The van der Waals surface area contributed by atoms with E-state index in [-0.39, 0.29) is 6.61 Å². The van der Waals surface area contributed by atoms with Crippen LogP contribution in [-0.2, 0) is 9.53 Å². The first-order valence-electron chi connectivity index (χ1n) is 5.79. The second-order valence-electron chi connectivity index (χ2n) is 4.54. The number of carbonyl (C=O) groups is 2. The zero-order valence-corrected chi connectivity index (χ0v) is 11.5. The summed E-state index contributed by atoms with van der Waals surface area (Å²) in [4.78, 5) is 22.6. The highest BCUT2D eigenvalue weighted by Gasteiger charge is 2.19. The zero-order chi connectivity index (χ0) is 14.0. The minimum atomic E-state index is -0.654. The first-order valence-corrected chi connectivity index (χ1v) is 5.79. The van der Waals surface area contributed by atoms with Crippen LogP contribution in [-0.4, -0.2) is 18.5 Å². The van der Waals surface area contributed by atoms with Crippen molar-refractivity contribution in [3.8, 4) is 0 Å². The lowest BCUT2D eigenvalue weighted by atomic mass is 9.90. The third kappa shape index (κ3) is 2.53. The third-order valence-electron chi connectivity index (χ3n) is 3.55. The fourth-order valence-electron chi connectivity index (χ4n) is 2.02. The summed E-state index contributed by atoms with van der Waals surface area (Å²) in [5, 5.41) is 0. The molecule has 0 unspecified atom stereocenters. The molecule has 4 heteroatoms. The van der Waals surface area contributed by atoms with Gasteiger partial charge in [-0.2, -0.15) is 0 Å². The summed E-state index contributed by atoms with van der Waals surface area (Å²) in [6.45, 7) is 9.36. The van der Waals surface area contributed by atoms with E-state index in [1.54, 1.807) is 0 Å². The van der Waals surface area contributed by atoms with Gasteiger partial charge in [0.2, 0.25) is 0 Å². The lowest BCUT2D eigenvalue weighted by Crippen LogP contribution is -2.22. The molecule has 0 atom stereocenters. The Balaban J connectivity index is 3.24. The number of hydrogen-bond acceptors (Lipinski definition) is 3. The average molecular weight is 249 g/mol. The number of benzene rings is 1. The van der Waals surface area contributed by atoms with Gasteiger partial charge in [-0.15, -0.1) is 0 Å². The van der Waals surface area contributed by atoms with Gasteiger partial charge in [0.25, 0.3) is 5.91 Å². The predicted molar refractivity (Wildman–Crippen MR) is 69.6 cm³/mol. The molecule has 1 rings (SSSR count). The van der Waals surface area contributed by atoms with E-state index in [4.69, 9.17) is 10.5 Å². The molecule has 2 N–H and O–H groups in total. The summed E-state index contributed by atoms with van der Waals surface area (Å²) < 4.78 is 4.89. The van der Waals surface area contributed by atoms with E-state index >= 15 is 0 Å². The number of esters is 1. The van der Waals surface area contributed by atoms with Gasteiger partial charge in [0, 0.05) is 0 Å². The molecule has 0 saturated carbocycles. The topological polar surface area (TPSA) is 69.4 Å². The van der Waals surface area contributed by atoms with Crippen LogP contribution in [0.2, 0.25) is 0 Å². The molecule has 0 fully saturated rings. The molecule has 4 nitrogen and oxygen atoms in total. The third-order valence-corrected chi connectivity index (χ3v) is 3.55. The number of amides is 1. The molecule has 98 valence electrons. The Labute approximate surface area is 107 Å². The van der Waals surface area contributed by atoms with Crippen molar-refractivity contribution in [1.29, 1.82) is 0 Å². The molecule has 0 saturated heterocycles. The summed E-state index contributed by atoms with van der Waals surface area (Å²) in [7, 11) is 0. The molecular formula is C14H19NO3. The van der Waals surface area contributed by atoms with Gasteiger partial charge in [-0.3, -0.25) is 4.79 Å². The van der Waals surface area contributed by atoms with Crippen LogP contribution < -0.4 is 5.73 Å². The maximum Gasteiger partial charge on any atom is 0.339 e. The minimum Gasteiger partial charge on any atom is -0.452 e. The molecule has 1 aromatic rings. The maximum absolute atomic E-state index is 12.0. The minimum absolute atomic E-state index is 0.385. The summed E-state index contributed by atoms with van der Waals surface area (Å²) in [5.41, 5.74) is 10.6. The van der Waals surface area contributed by atoms with Crippen LogP contribution in [0, 0.1) is 34.6 Å². The largest absolute Gasteiger partial charge is 0.452 e. The highest BCUT2D eigenvalue weighted by Crippen LogP contribution is 2.26. The molecule has 0 aliphatic rings. The summed E-state index contributed by atoms with van der Waals surface area (Å²) in [5.74, 6) is -1.14. The predicted octanol–water partition coefficient (Wildman–Crippen LogP) is 1.87. The highest BCUT2D eigenvalue weighted by atomic mass is 16.5. The van der Waals surface area contributed by atoms with Crippen LogP contribution in [0.4, 0.5) is 0 Å². The van der Waals surface area contributed by atoms with Crippen molar-refractivity contribution >= 4 is 11.9 Å². The van der Waals surface area contributed by atoms with Crippen molar-refractivity contribution in [2.75, 3.05) is 6.61 Å². The van der Waals surface area contributed by atoms with Crippen LogP contribution >= 0.6 is 0 Å². The molecule has 0 radical (unpaired) electrons. The standard InChI is InChI=1S/C14H19NO3/c1-7-8(2)10(4)13(11(5)9(7)3)14(17)18-6-12(15)16/h6H2,1-5H3,(H2,15,16). The van der Waals surface area contributed by atoms with E-state index in [1.807, 2.05) is 34.6 Å². The molecule has 0 aromatic heterocycles. The van der Waals surface area contributed by atoms with Gasteiger partial charge in [-0.25, -0.2) is 4.79 Å². The second kappa shape index (κ2) is 5.21. The Bertz CT molecular complexity index is 489. The van der Waals surface area contributed by atoms with Crippen molar-refractivity contribution in [2.24, 2.45) is 5.73 Å². The average Bonchev–Trinajstić information content (AvgIpc) is 2.31. The molecule has 18 heavy (non-hydrogen) atoms. The Morgan fingerprint density at radius 3 is 1.67 bits per heavy atom. The van der Waals surface area contributed by atoms with E-state index in [1.165, 1.54) is 5.56 Å². The normalized spacial score (nSPS) is 10.3. The van der Waals surface area contributed by atoms with Gasteiger partial charge in [-0.1, -0.05) is 0 Å².